The van der Waals surface area contributed by atoms with Crippen molar-refractivity contribution in [1.82, 2.24) is 0 Å². The van der Waals surface area contributed by atoms with Gasteiger partial charge in [0.1, 0.15) is 11.1 Å². The van der Waals surface area contributed by atoms with E-state index in [1.165, 1.54) is 20.8 Å². The van der Waals surface area contributed by atoms with Gasteiger partial charge < -0.3 is 18.9 Å². The van der Waals surface area contributed by atoms with Gasteiger partial charge >= 0.3 is 18.1 Å². The van der Waals surface area contributed by atoms with E-state index in [1.807, 2.05) is 0 Å². The molecule has 0 radical (unpaired) electrons. The smallest absolute Gasteiger partial charge is 0.449 e. The van der Waals surface area contributed by atoms with Crippen LogP contribution in [0.2, 0.25) is 0 Å². The maximum atomic E-state index is 13.1. The summed E-state index contributed by atoms with van der Waals surface area (Å²) in [7, 11) is 0. The molecule has 1 aliphatic heterocycles. The molecule has 0 aromatic rings. The third kappa shape index (κ3) is 4.72. The van der Waals surface area contributed by atoms with E-state index >= 15 is 0 Å². The Morgan fingerprint density at radius 1 is 1.09 bits per heavy atom. The number of esters is 2. The van der Waals surface area contributed by atoms with Crippen LogP contribution >= 0.6 is 0 Å². The predicted molar refractivity (Wildman–Crippen MR) is 70.9 cm³/mol. The van der Waals surface area contributed by atoms with E-state index in [-0.39, 0.29) is 25.4 Å². The van der Waals surface area contributed by atoms with Gasteiger partial charge in [0.2, 0.25) is 12.0 Å². The second-order valence-electron chi connectivity index (χ2n) is 4.19. The number of hydrogen-bond acceptors (Lipinski definition) is 6. The fourth-order valence-corrected chi connectivity index (χ4v) is 1.75. The number of carbonyl (C=O) groups is 2. The van der Waals surface area contributed by atoms with Crippen LogP contribution in [0.4, 0.5) is 13.2 Å². The Kier molecular flexibility index (Phi) is 6.62. The molecule has 1 rings (SSSR count). The van der Waals surface area contributed by atoms with Gasteiger partial charge in [-0.1, -0.05) is 0 Å². The van der Waals surface area contributed by atoms with Crippen LogP contribution in [0.1, 0.15) is 20.8 Å². The van der Waals surface area contributed by atoms with Crippen molar-refractivity contribution >= 4 is 11.9 Å². The number of halogens is 3. The van der Waals surface area contributed by atoms with Crippen molar-refractivity contribution < 1.29 is 41.7 Å². The Hall–Kier alpha value is -2.03. The van der Waals surface area contributed by atoms with Gasteiger partial charge in [0.15, 0.2) is 0 Å². The highest BCUT2D eigenvalue weighted by molar-refractivity contribution is 5.98. The quantitative estimate of drug-likeness (QED) is 0.692. The van der Waals surface area contributed by atoms with Crippen LogP contribution < -0.4 is 0 Å². The monoisotopic (exact) mass is 338 g/mol. The zero-order valence-electron chi connectivity index (χ0n) is 12.9. The van der Waals surface area contributed by atoms with Gasteiger partial charge in [-0.3, -0.25) is 0 Å². The summed E-state index contributed by atoms with van der Waals surface area (Å²) in [5, 5.41) is 0. The average Bonchev–Trinajstić information content (AvgIpc) is 2.46. The fraction of sp³-hybridized carbons (Fsp3) is 0.571. The molecule has 0 spiro atoms. The maximum Gasteiger partial charge on any atom is 0.449 e. The molecule has 1 aliphatic rings. The van der Waals surface area contributed by atoms with E-state index < -0.39 is 35.7 Å². The van der Waals surface area contributed by atoms with Gasteiger partial charge in [-0.25, -0.2) is 9.59 Å². The molecule has 0 saturated carbocycles. The Morgan fingerprint density at radius 3 is 2.13 bits per heavy atom. The first-order valence-electron chi connectivity index (χ1n) is 6.91. The standard InChI is InChI=1S/C14H17F3O6/c1-4-20-11(18)8-7-9(12(19)21-5-2)13(22-6-3)23-10(8)14(15,16)17/h7,13H,4-6H2,1-3H3. The molecule has 0 aromatic heterocycles. The maximum absolute atomic E-state index is 13.1. The molecule has 130 valence electrons. The van der Waals surface area contributed by atoms with E-state index in [2.05, 4.69) is 4.74 Å². The number of ether oxygens (including phenoxy) is 4. The molecule has 0 fully saturated rings. The molecule has 0 aromatic carbocycles. The van der Waals surface area contributed by atoms with Gasteiger partial charge in [0, 0.05) is 6.61 Å². The Morgan fingerprint density at radius 2 is 1.65 bits per heavy atom. The summed E-state index contributed by atoms with van der Waals surface area (Å²) in [5.41, 5.74) is -1.25. The summed E-state index contributed by atoms with van der Waals surface area (Å²) in [6.07, 6.45) is -5.83. The number of hydrogen-bond donors (Lipinski definition) is 0. The summed E-state index contributed by atoms with van der Waals surface area (Å²) < 4.78 is 58.3. The van der Waals surface area contributed by atoms with Gasteiger partial charge in [-0.15, -0.1) is 0 Å². The first-order valence-corrected chi connectivity index (χ1v) is 6.91. The van der Waals surface area contributed by atoms with Crippen molar-refractivity contribution in [3.8, 4) is 0 Å². The Balaban J connectivity index is 3.36. The van der Waals surface area contributed by atoms with E-state index in [0.29, 0.717) is 0 Å². The highest BCUT2D eigenvalue weighted by Gasteiger charge is 2.46. The van der Waals surface area contributed by atoms with E-state index in [4.69, 9.17) is 14.2 Å². The highest BCUT2D eigenvalue weighted by atomic mass is 19.4. The molecule has 9 heteroatoms. The second kappa shape index (κ2) is 8.00. The number of alkyl halides is 3. The zero-order valence-corrected chi connectivity index (χ0v) is 12.9. The van der Waals surface area contributed by atoms with Crippen molar-refractivity contribution in [3.05, 3.63) is 23.0 Å². The predicted octanol–water partition coefficient (Wildman–Crippen LogP) is 2.25. The third-order valence-corrected chi connectivity index (χ3v) is 2.61. The molecule has 1 unspecified atom stereocenters. The molecular weight excluding hydrogens is 321 g/mol. The summed E-state index contributed by atoms with van der Waals surface area (Å²) in [6.45, 7) is 4.34. The summed E-state index contributed by atoms with van der Waals surface area (Å²) in [5.74, 6) is -3.76. The van der Waals surface area contributed by atoms with Crippen LogP contribution in [0.3, 0.4) is 0 Å². The lowest BCUT2D eigenvalue weighted by atomic mass is 10.1. The van der Waals surface area contributed by atoms with E-state index in [0.717, 1.165) is 6.08 Å². The minimum Gasteiger partial charge on any atom is -0.462 e. The zero-order chi connectivity index (χ0) is 17.6. The first-order chi connectivity index (χ1) is 10.8. The molecule has 1 heterocycles. The SMILES string of the molecule is CCOC(=O)C1=CC(C(=O)OCC)=C(C(F)(F)F)OC1OCC. The van der Waals surface area contributed by atoms with Crippen molar-refractivity contribution in [2.24, 2.45) is 0 Å². The van der Waals surface area contributed by atoms with Crippen LogP contribution in [0.5, 0.6) is 0 Å². The van der Waals surface area contributed by atoms with Crippen LogP contribution in [0, 0.1) is 0 Å². The van der Waals surface area contributed by atoms with Crippen LogP contribution in [-0.4, -0.2) is 44.2 Å². The summed E-state index contributed by atoms with van der Waals surface area (Å²) >= 11 is 0. The van der Waals surface area contributed by atoms with Gasteiger partial charge in [0.05, 0.1) is 13.2 Å². The van der Waals surface area contributed by atoms with Crippen molar-refractivity contribution in [3.63, 3.8) is 0 Å². The lowest BCUT2D eigenvalue weighted by molar-refractivity contribution is -0.183. The normalized spacial score (nSPS) is 18.2. The topological polar surface area (TPSA) is 71.1 Å². The molecule has 0 saturated heterocycles. The minimum atomic E-state index is -4.95. The first kappa shape index (κ1) is 19.0. The van der Waals surface area contributed by atoms with Gasteiger partial charge in [-0.2, -0.15) is 13.2 Å². The number of rotatable bonds is 6. The molecule has 6 nitrogen and oxygen atoms in total. The molecule has 1 atom stereocenters. The lowest BCUT2D eigenvalue weighted by Gasteiger charge is -2.28. The van der Waals surface area contributed by atoms with Crippen molar-refractivity contribution in [2.45, 2.75) is 33.2 Å². The molecule has 0 amide bonds. The lowest BCUT2D eigenvalue weighted by Crippen LogP contribution is -2.34. The molecule has 0 aliphatic carbocycles. The molecule has 0 bridgehead atoms. The van der Waals surface area contributed by atoms with Gasteiger partial charge in [-0.05, 0) is 26.8 Å². The number of carbonyl (C=O) groups excluding carboxylic acids is 2. The Bertz CT molecular complexity index is 521. The van der Waals surface area contributed by atoms with Crippen LogP contribution in [0.15, 0.2) is 23.0 Å². The van der Waals surface area contributed by atoms with E-state index in [1.54, 1.807) is 0 Å². The minimum absolute atomic E-state index is 0.000396. The average molecular weight is 338 g/mol. The summed E-state index contributed by atoms with van der Waals surface area (Å²) in [4.78, 5) is 23.6. The van der Waals surface area contributed by atoms with Crippen molar-refractivity contribution in [2.75, 3.05) is 19.8 Å². The van der Waals surface area contributed by atoms with E-state index in [9.17, 15) is 22.8 Å². The third-order valence-electron chi connectivity index (χ3n) is 2.61. The summed E-state index contributed by atoms with van der Waals surface area (Å²) in [6, 6.07) is 0. The van der Waals surface area contributed by atoms with Crippen LogP contribution in [0.25, 0.3) is 0 Å². The molecule has 0 N–H and O–H groups in total. The highest BCUT2D eigenvalue weighted by Crippen LogP contribution is 2.36. The van der Waals surface area contributed by atoms with Crippen LogP contribution in [-0.2, 0) is 28.5 Å². The second-order valence-corrected chi connectivity index (χ2v) is 4.19. The molecular formula is C14H17F3O6. The largest absolute Gasteiger partial charge is 0.462 e. The van der Waals surface area contributed by atoms with Gasteiger partial charge in [0.25, 0.3) is 0 Å². The number of allylic oxidation sites excluding steroid dienone is 1. The Labute approximate surface area is 130 Å². The fourth-order valence-electron chi connectivity index (χ4n) is 1.75. The molecule has 23 heavy (non-hydrogen) atoms. The van der Waals surface area contributed by atoms with Crippen molar-refractivity contribution in [1.29, 1.82) is 0 Å².